The Balaban J connectivity index is 1.64. The van der Waals surface area contributed by atoms with Crippen molar-refractivity contribution >= 4 is 37.8 Å². The van der Waals surface area contributed by atoms with Crippen molar-refractivity contribution in [2.75, 3.05) is 18.5 Å². The summed E-state index contributed by atoms with van der Waals surface area (Å²) in [5, 5.41) is 1.11. The molecule has 0 amide bonds. The molecule has 7 nitrogen and oxygen atoms in total. The van der Waals surface area contributed by atoms with Gasteiger partial charge in [-0.25, -0.2) is 23.1 Å². The molecule has 3 aromatic rings. The van der Waals surface area contributed by atoms with Gasteiger partial charge in [0.1, 0.15) is 11.3 Å². The third-order valence-corrected chi connectivity index (χ3v) is 6.34. The highest BCUT2D eigenvalue weighted by molar-refractivity contribution is 7.88. The van der Waals surface area contributed by atoms with Crippen molar-refractivity contribution in [3.63, 3.8) is 0 Å². The Morgan fingerprint density at radius 3 is 2.45 bits per heavy atom. The molecule has 0 saturated carbocycles. The Labute approximate surface area is 185 Å². The van der Waals surface area contributed by atoms with E-state index in [2.05, 4.69) is 27.3 Å². The Bertz CT molecular complexity index is 1110. The number of imidazole rings is 1. The van der Waals surface area contributed by atoms with Gasteiger partial charge < -0.3 is 10.3 Å². The summed E-state index contributed by atoms with van der Waals surface area (Å²) >= 11 is 0. The van der Waals surface area contributed by atoms with Crippen molar-refractivity contribution < 1.29 is 8.42 Å². The van der Waals surface area contributed by atoms with Crippen LogP contribution >= 0.6 is 0 Å². The lowest BCUT2D eigenvalue weighted by Crippen LogP contribution is -2.22. The predicted molar refractivity (Wildman–Crippen MR) is 129 cm³/mol. The molecule has 3 N–H and O–H groups in total. The molecule has 170 valence electrons. The van der Waals surface area contributed by atoms with Crippen LogP contribution in [-0.4, -0.2) is 35.8 Å². The average Bonchev–Trinajstić information content (AvgIpc) is 3.09. The molecule has 0 atom stereocenters. The number of nitrogens with one attached hydrogen (secondary N) is 1. The first-order valence-corrected chi connectivity index (χ1v) is 13.3. The zero-order chi connectivity index (χ0) is 22.3. The minimum absolute atomic E-state index is 0.507. The topological polar surface area (TPSA) is 103 Å². The maximum atomic E-state index is 11.1. The Morgan fingerprint density at radius 1 is 1.00 bits per heavy atom. The number of para-hydroxylation sites is 1. The minimum atomic E-state index is -3.07. The number of aryl methyl sites for hydroxylation is 2. The summed E-state index contributed by atoms with van der Waals surface area (Å²) in [4.78, 5) is 9.45. The zero-order valence-corrected chi connectivity index (χ0v) is 19.5. The summed E-state index contributed by atoms with van der Waals surface area (Å²) in [5.41, 5.74) is 9.11. The highest BCUT2D eigenvalue weighted by atomic mass is 32.2. The molecule has 1 aromatic carbocycles. The van der Waals surface area contributed by atoms with Crippen molar-refractivity contribution in [2.24, 2.45) is 0 Å². The van der Waals surface area contributed by atoms with E-state index in [0.717, 1.165) is 92.1 Å². The molecule has 0 aliphatic rings. The number of anilines is 1. The monoisotopic (exact) mass is 445 g/mol. The second-order valence-corrected chi connectivity index (χ2v) is 10.1. The number of nitrogen functional groups attached to an aromatic ring is 1. The van der Waals surface area contributed by atoms with E-state index >= 15 is 0 Å². The molecule has 0 spiro atoms. The first-order valence-electron chi connectivity index (χ1n) is 11.4. The Morgan fingerprint density at radius 2 is 1.71 bits per heavy atom. The van der Waals surface area contributed by atoms with Gasteiger partial charge >= 0.3 is 0 Å². The number of nitrogens with zero attached hydrogens (tertiary/aromatic N) is 3. The van der Waals surface area contributed by atoms with E-state index in [9.17, 15) is 8.42 Å². The van der Waals surface area contributed by atoms with Gasteiger partial charge in [-0.2, -0.15) is 0 Å². The number of hydrogen-bond donors (Lipinski definition) is 2. The van der Waals surface area contributed by atoms with Gasteiger partial charge in [-0.1, -0.05) is 57.2 Å². The predicted octanol–water partition coefficient (Wildman–Crippen LogP) is 4.40. The maximum Gasteiger partial charge on any atom is 0.208 e. The van der Waals surface area contributed by atoms with Crippen LogP contribution in [0.3, 0.4) is 0 Å². The Kier molecular flexibility index (Phi) is 8.26. The molecule has 0 fully saturated rings. The van der Waals surface area contributed by atoms with Crippen molar-refractivity contribution in [1.82, 2.24) is 19.3 Å². The van der Waals surface area contributed by atoms with Crippen LogP contribution in [0.5, 0.6) is 0 Å². The molecule has 2 aromatic heterocycles. The van der Waals surface area contributed by atoms with Gasteiger partial charge in [0.2, 0.25) is 10.0 Å². The summed E-state index contributed by atoms with van der Waals surface area (Å²) < 4.78 is 27.1. The number of pyridine rings is 1. The fourth-order valence-corrected chi connectivity index (χ4v) is 4.55. The first-order chi connectivity index (χ1) is 14.9. The van der Waals surface area contributed by atoms with Crippen LogP contribution in [0.2, 0.25) is 0 Å². The normalized spacial score (nSPS) is 12.2. The average molecular weight is 446 g/mol. The molecule has 0 bridgehead atoms. The van der Waals surface area contributed by atoms with Gasteiger partial charge in [-0.3, -0.25) is 0 Å². The van der Waals surface area contributed by atoms with Crippen LogP contribution in [0, 0.1) is 0 Å². The molecule has 0 unspecified atom stereocenters. The third-order valence-electron chi connectivity index (χ3n) is 5.62. The lowest BCUT2D eigenvalue weighted by atomic mass is 10.1. The lowest BCUT2D eigenvalue weighted by molar-refractivity contribution is 0.541. The fraction of sp³-hybridized carbons (Fsp3) is 0.565. The van der Waals surface area contributed by atoms with E-state index < -0.39 is 10.0 Å². The van der Waals surface area contributed by atoms with Gasteiger partial charge in [0, 0.05) is 24.9 Å². The maximum absolute atomic E-state index is 11.1. The van der Waals surface area contributed by atoms with Crippen LogP contribution in [0.1, 0.15) is 64.1 Å². The summed E-state index contributed by atoms with van der Waals surface area (Å²) in [6.07, 6.45) is 10.8. The summed E-state index contributed by atoms with van der Waals surface area (Å²) in [6.45, 7) is 3.66. The van der Waals surface area contributed by atoms with Crippen LogP contribution < -0.4 is 10.5 Å². The van der Waals surface area contributed by atoms with Crippen LogP contribution in [0.25, 0.3) is 21.9 Å². The quantitative estimate of drug-likeness (QED) is 0.380. The van der Waals surface area contributed by atoms with Gasteiger partial charge in [0.05, 0.1) is 17.3 Å². The molecule has 3 rings (SSSR count). The highest BCUT2D eigenvalue weighted by Crippen LogP contribution is 2.29. The van der Waals surface area contributed by atoms with Crippen molar-refractivity contribution in [3.8, 4) is 0 Å². The molecule has 0 aliphatic carbocycles. The number of unbranched alkanes of at least 4 members (excludes halogenated alkanes) is 6. The van der Waals surface area contributed by atoms with Gasteiger partial charge in [-0.15, -0.1) is 0 Å². The fourth-order valence-electron chi connectivity index (χ4n) is 4.03. The second-order valence-electron chi connectivity index (χ2n) is 8.28. The molecular weight excluding hydrogens is 410 g/mol. The first kappa shape index (κ1) is 23.5. The molecule has 0 saturated heterocycles. The molecule has 0 radical (unpaired) electrons. The SMILES string of the molecule is CCCCc1nc2c(N)nc3ccccc3c2n1CCCCCCCCNS(C)(=O)=O. The summed E-state index contributed by atoms with van der Waals surface area (Å²) in [6, 6.07) is 8.15. The van der Waals surface area contributed by atoms with E-state index in [4.69, 9.17) is 10.7 Å². The smallest absolute Gasteiger partial charge is 0.208 e. The van der Waals surface area contributed by atoms with Crippen LogP contribution in [0.4, 0.5) is 5.82 Å². The van der Waals surface area contributed by atoms with Gasteiger partial charge in [0.15, 0.2) is 5.82 Å². The molecular formula is C23H35N5O2S. The van der Waals surface area contributed by atoms with Gasteiger partial charge in [0.25, 0.3) is 0 Å². The standard InChI is InChI=1S/C23H35N5O2S/c1-3-4-15-20-27-21-22(18-13-9-10-14-19(18)26-23(21)24)28(20)17-12-8-6-5-7-11-16-25-31(2,29)30/h9-10,13-14,25H,3-8,11-12,15-17H2,1-2H3,(H2,24,26). The van der Waals surface area contributed by atoms with E-state index in [0.29, 0.717) is 12.4 Å². The van der Waals surface area contributed by atoms with Gasteiger partial charge in [-0.05, 0) is 25.3 Å². The second kappa shape index (κ2) is 10.9. The van der Waals surface area contributed by atoms with Crippen molar-refractivity contribution in [2.45, 2.75) is 71.3 Å². The van der Waals surface area contributed by atoms with E-state index in [1.165, 1.54) is 6.26 Å². The number of fused-ring (bicyclic) bond motifs is 3. The number of benzene rings is 1. The molecule has 2 heterocycles. The number of aromatic nitrogens is 3. The van der Waals surface area contributed by atoms with Crippen molar-refractivity contribution in [3.05, 3.63) is 30.1 Å². The van der Waals surface area contributed by atoms with Crippen molar-refractivity contribution in [1.29, 1.82) is 0 Å². The number of sulfonamides is 1. The van der Waals surface area contributed by atoms with E-state index in [-0.39, 0.29) is 0 Å². The summed E-state index contributed by atoms with van der Waals surface area (Å²) in [7, 11) is -3.07. The third kappa shape index (κ3) is 6.40. The van der Waals surface area contributed by atoms with Crippen LogP contribution in [0.15, 0.2) is 24.3 Å². The number of nitrogens with two attached hydrogens (primary N) is 1. The van der Waals surface area contributed by atoms with E-state index in [1.54, 1.807) is 0 Å². The Hall–Kier alpha value is -2.19. The highest BCUT2D eigenvalue weighted by Gasteiger charge is 2.16. The van der Waals surface area contributed by atoms with Crippen LogP contribution in [-0.2, 0) is 23.0 Å². The van der Waals surface area contributed by atoms with E-state index in [1.807, 2.05) is 18.2 Å². The molecule has 31 heavy (non-hydrogen) atoms. The minimum Gasteiger partial charge on any atom is -0.382 e. The number of hydrogen-bond acceptors (Lipinski definition) is 5. The summed E-state index contributed by atoms with van der Waals surface area (Å²) in [5.74, 6) is 1.61. The largest absolute Gasteiger partial charge is 0.382 e. The molecule has 0 aliphatic heterocycles. The number of rotatable bonds is 13. The zero-order valence-electron chi connectivity index (χ0n) is 18.7. The lowest BCUT2D eigenvalue weighted by Gasteiger charge is -2.11. The molecule has 8 heteroatoms.